The quantitative estimate of drug-likeness (QED) is 0.739. The van der Waals surface area contributed by atoms with Crippen LogP contribution in [0, 0.1) is 0 Å². The van der Waals surface area contributed by atoms with E-state index in [4.69, 9.17) is 4.74 Å². The Morgan fingerprint density at radius 1 is 1.04 bits per heavy atom. The van der Waals surface area contributed by atoms with E-state index >= 15 is 0 Å². The molecule has 1 aliphatic carbocycles. The lowest BCUT2D eigenvalue weighted by Crippen LogP contribution is -2.31. The highest BCUT2D eigenvalue weighted by molar-refractivity contribution is 5.79. The van der Waals surface area contributed by atoms with Crippen LogP contribution in [-0.2, 0) is 4.74 Å². The highest BCUT2D eigenvalue weighted by Gasteiger charge is 2.29. The average Bonchev–Trinajstić information content (AvgIpc) is 3.00. The zero-order valence-electron chi connectivity index (χ0n) is 14.9. The average molecular weight is 360 g/mol. The topological polar surface area (TPSA) is 71.2 Å². The van der Waals surface area contributed by atoms with Gasteiger partial charge in [-0.2, -0.15) is 0 Å². The number of aromatic nitrogens is 1. The molecule has 5 nitrogen and oxygen atoms in total. The van der Waals surface area contributed by atoms with Crippen LogP contribution < -0.4 is 10.9 Å². The Hall–Kier alpha value is -3.34. The number of aromatic amines is 1. The van der Waals surface area contributed by atoms with Gasteiger partial charge in [0.05, 0.1) is 6.04 Å². The molecule has 3 aromatic rings. The fourth-order valence-corrected chi connectivity index (χ4v) is 3.67. The molecule has 27 heavy (non-hydrogen) atoms. The lowest BCUT2D eigenvalue weighted by atomic mass is 9.98. The van der Waals surface area contributed by atoms with Crippen LogP contribution in [-0.4, -0.2) is 17.7 Å². The number of hydrogen-bond donors (Lipinski definition) is 2. The molecule has 0 saturated carbocycles. The largest absolute Gasteiger partial charge is 0.449 e. The van der Waals surface area contributed by atoms with E-state index in [2.05, 4.69) is 34.6 Å². The first-order valence-corrected chi connectivity index (χ1v) is 8.94. The van der Waals surface area contributed by atoms with Crippen LogP contribution in [0.5, 0.6) is 0 Å². The fourth-order valence-electron chi connectivity index (χ4n) is 3.67. The first-order chi connectivity index (χ1) is 13.1. The normalized spacial score (nSPS) is 13.5. The molecule has 0 fully saturated rings. The summed E-state index contributed by atoms with van der Waals surface area (Å²) in [6.45, 7) is 2.00. The van der Waals surface area contributed by atoms with Crippen LogP contribution in [0.4, 0.5) is 4.79 Å². The van der Waals surface area contributed by atoms with Crippen molar-refractivity contribution in [3.05, 3.63) is 93.9 Å². The van der Waals surface area contributed by atoms with Gasteiger partial charge >= 0.3 is 6.09 Å². The van der Waals surface area contributed by atoms with Crippen LogP contribution in [0.2, 0.25) is 0 Å². The Morgan fingerprint density at radius 2 is 1.67 bits per heavy atom. The van der Waals surface area contributed by atoms with E-state index in [1.165, 1.54) is 22.3 Å². The molecule has 0 aliphatic heterocycles. The Balaban J connectivity index is 1.47. The highest BCUT2D eigenvalue weighted by atomic mass is 16.5. The molecule has 0 saturated heterocycles. The second kappa shape index (κ2) is 7.11. The van der Waals surface area contributed by atoms with Crippen molar-refractivity contribution in [1.29, 1.82) is 0 Å². The SMILES string of the molecule is CC(NC(=O)OCC1c2ccccc2-c2ccccc21)c1ccc[nH]c1=O. The minimum Gasteiger partial charge on any atom is -0.449 e. The molecule has 1 heterocycles. The van der Waals surface area contributed by atoms with Gasteiger partial charge in [-0.1, -0.05) is 54.6 Å². The summed E-state index contributed by atoms with van der Waals surface area (Å²) in [4.78, 5) is 26.7. The van der Waals surface area contributed by atoms with Crippen molar-refractivity contribution in [2.24, 2.45) is 0 Å². The van der Waals surface area contributed by atoms with E-state index in [9.17, 15) is 9.59 Å². The molecule has 1 amide bonds. The zero-order valence-corrected chi connectivity index (χ0v) is 14.9. The van der Waals surface area contributed by atoms with Gasteiger partial charge in [-0.25, -0.2) is 4.79 Å². The summed E-state index contributed by atoms with van der Waals surface area (Å²) in [7, 11) is 0. The first-order valence-electron chi connectivity index (χ1n) is 8.94. The molecule has 0 radical (unpaired) electrons. The number of alkyl carbamates (subject to hydrolysis) is 1. The molecule has 5 heteroatoms. The van der Waals surface area contributed by atoms with Gasteiger partial charge in [0, 0.05) is 17.7 Å². The number of benzene rings is 2. The number of carbonyl (C=O) groups is 1. The van der Waals surface area contributed by atoms with Crippen LogP contribution in [0.1, 0.15) is 35.6 Å². The molecule has 4 rings (SSSR count). The molecule has 1 aliphatic rings. The molecule has 1 unspecified atom stereocenters. The van der Waals surface area contributed by atoms with Crippen LogP contribution >= 0.6 is 0 Å². The summed E-state index contributed by atoms with van der Waals surface area (Å²) in [5.74, 6) is 0.0126. The smallest absolute Gasteiger partial charge is 0.407 e. The van der Waals surface area contributed by atoms with Crippen molar-refractivity contribution in [3.63, 3.8) is 0 Å². The van der Waals surface area contributed by atoms with Crippen LogP contribution in [0.25, 0.3) is 11.1 Å². The molecular weight excluding hydrogens is 340 g/mol. The maximum absolute atomic E-state index is 12.3. The predicted octanol–water partition coefficient (Wildman–Crippen LogP) is 3.97. The van der Waals surface area contributed by atoms with Gasteiger partial charge in [0.15, 0.2) is 0 Å². The lowest BCUT2D eigenvalue weighted by Gasteiger charge is -2.17. The molecule has 0 bridgehead atoms. The molecular formula is C22H20N2O3. The number of fused-ring (bicyclic) bond motifs is 3. The number of nitrogens with one attached hydrogen (secondary N) is 2. The van der Waals surface area contributed by atoms with E-state index in [1.807, 2.05) is 24.3 Å². The molecule has 136 valence electrons. The van der Waals surface area contributed by atoms with Crippen molar-refractivity contribution in [1.82, 2.24) is 10.3 Å². The summed E-state index contributed by atoms with van der Waals surface area (Å²) in [5, 5.41) is 2.73. The summed E-state index contributed by atoms with van der Waals surface area (Å²) in [5.41, 5.74) is 4.98. The van der Waals surface area contributed by atoms with Gasteiger partial charge < -0.3 is 15.0 Å². The molecule has 1 aromatic heterocycles. The standard InChI is InChI=1S/C22H20N2O3/c1-14(15-11-6-12-23-21(15)25)24-22(26)27-13-20-18-9-4-2-7-16(18)17-8-3-5-10-19(17)20/h2-12,14,20H,13H2,1H3,(H,23,25)(H,24,26). The third-order valence-electron chi connectivity index (χ3n) is 4.99. The number of amides is 1. The Bertz CT molecular complexity index is 996. The van der Waals surface area contributed by atoms with E-state index < -0.39 is 12.1 Å². The van der Waals surface area contributed by atoms with Gasteiger partial charge in [-0.15, -0.1) is 0 Å². The maximum atomic E-state index is 12.3. The van der Waals surface area contributed by atoms with E-state index in [-0.39, 0.29) is 18.1 Å². The monoisotopic (exact) mass is 360 g/mol. The van der Waals surface area contributed by atoms with Crippen LogP contribution in [0.15, 0.2) is 71.7 Å². The number of carbonyl (C=O) groups excluding carboxylic acids is 1. The lowest BCUT2D eigenvalue weighted by molar-refractivity contribution is 0.139. The molecule has 2 aromatic carbocycles. The summed E-state index contributed by atoms with van der Waals surface area (Å²) >= 11 is 0. The predicted molar refractivity (Wildman–Crippen MR) is 104 cm³/mol. The molecule has 1 atom stereocenters. The van der Waals surface area contributed by atoms with Gasteiger partial charge in [0.25, 0.3) is 5.56 Å². The fraction of sp³-hybridized carbons (Fsp3) is 0.182. The van der Waals surface area contributed by atoms with Crippen molar-refractivity contribution in [2.45, 2.75) is 18.9 Å². The first kappa shape index (κ1) is 17.1. The molecule has 0 spiro atoms. The second-order valence-corrected chi connectivity index (χ2v) is 6.65. The van der Waals surface area contributed by atoms with Gasteiger partial charge in [-0.05, 0) is 35.2 Å². The number of pyridine rings is 1. The maximum Gasteiger partial charge on any atom is 0.407 e. The molecule has 2 N–H and O–H groups in total. The number of ether oxygens (including phenoxy) is 1. The summed E-state index contributed by atoms with van der Waals surface area (Å²) < 4.78 is 5.51. The van der Waals surface area contributed by atoms with Gasteiger partial charge in [-0.3, -0.25) is 4.79 Å². The minimum absolute atomic E-state index is 0.0126. The van der Waals surface area contributed by atoms with Crippen molar-refractivity contribution in [2.75, 3.05) is 6.61 Å². The summed E-state index contributed by atoms with van der Waals surface area (Å²) in [6.07, 6.45) is 1.03. The summed E-state index contributed by atoms with van der Waals surface area (Å²) in [6, 6.07) is 19.4. The Morgan fingerprint density at radius 3 is 2.30 bits per heavy atom. The van der Waals surface area contributed by atoms with Crippen molar-refractivity contribution < 1.29 is 9.53 Å². The van der Waals surface area contributed by atoms with Crippen molar-refractivity contribution >= 4 is 6.09 Å². The minimum atomic E-state index is -0.535. The highest BCUT2D eigenvalue weighted by Crippen LogP contribution is 2.44. The Kier molecular flexibility index (Phi) is 4.50. The van der Waals surface area contributed by atoms with Gasteiger partial charge in [0.1, 0.15) is 6.61 Å². The number of hydrogen-bond acceptors (Lipinski definition) is 3. The van der Waals surface area contributed by atoms with E-state index in [0.29, 0.717) is 5.56 Å². The third-order valence-corrected chi connectivity index (χ3v) is 4.99. The van der Waals surface area contributed by atoms with Crippen LogP contribution in [0.3, 0.4) is 0 Å². The second-order valence-electron chi connectivity index (χ2n) is 6.65. The van der Waals surface area contributed by atoms with Crippen molar-refractivity contribution in [3.8, 4) is 11.1 Å². The Labute approximate surface area is 157 Å². The third kappa shape index (κ3) is 3.24. The number of rotatable bonds is 4. The van der Waals surface area contributed by atoms with E-state index in [1.54, 1.807) is 25.3 Å². The zero-order chi connectivity index (χ0) is 18.8. The number of H-pyrrole nitrogens is 1. The van der Waals surface area contributed by atoms with E-state index in [0.717, 1.165) is 0 Å². The van der Waals surface area contributed by atoms with Gasteiger partial charge in [0.2, 0.25) is 0 Å².